The van der Waals surface area contributed by atoms with Gasteiger partial charge in [0.05, 0.1) is 27.2 Å². The van der Waals surface area contributed by atoms with Gasteiger partial charge in [0.25, 0.3) is 0 Å². The maximum atomic E-state index is 12.5. The van der Waals surface area contributed by atoms with Crippen molar-refractivity contribution in [2.45, 2.75) is 18.4 Å². The van der Waals surface area contributed by atoms with Crippen molar-refractivity contribution in [2.24, 2.45) is 0 Å². The van der Waals surface area contributed by atoms with Crippen LogP contribution in [0, 0.1) is 6.92 Å². The Morgan fingerprint density at radius 2 is 1.79 bits per heavy atom. The van der Waals surface area contributed by atoms with Crippen molar-refractivity contribution in [3.8, 4) is 0 Å². The van der Waals surface area contributed by atoms with Crippen molar-refractivity contribution < 1.29 is 4.21 Å². The third-order valence-corrected chi connectivity index (χ3v) is 5.15. The topological polar surface area (TPSA) is 20.3 Å². The number of aryl methyl sites for hydroxylation is 1. The van der Waals surface area contributed by atoms with E-state index in [1.165, 1.54) is 0 Å². The predicted molar refractivity (Wildman–Crippen MR) is 80.2 cm³/mol. The Morgan fingerprint density at radius 1 is 1.16 bits per heavy atom. The summed E-state index contributed by atoms with van der Waals surface area (Å²) in [4.78, 5) is 0.829. The molecule has 1 aliphatic heterocycles. The van der Waals surface area contributed by atoms with Crippen LogP contribution in [-0.2, 0) is 17.5 Å². The lowest BCUT2D eigenvalue weighted by atomic mass is 10.2. The first-order chi connectivity index (χ1) is 9.08. The second-order valence-electron chi connectivity index (χ2n) is 4.47. The van der Waals surface area contributed by atoms with Crippen LogP contribution in [-0.4, -0.2) is 4.21 Å². The quantitative estimate of drug-likeness (QED) is 0.767. The van der Waals surface area contributed by atoms with E-state index in [0.717, 1.165) is 16.0 Å². The summed E-state index contributed by atoms with van der Waals surface area (Å²) in [5, 5.41) is 1.07. The number of hydrogen-bond acceptors (Lipinski definition) is 1. The lowest BCUT2D eigenvalue weighted by molar-refractivity contribution is 0.683. The molecule has 2 aromatic carbocycles. The highest BCUT2D eigenvalue weighted by Gasteiger charge is 2.29. The third kappa shape index (κ3) is 2.16. The molecule has 0 bridgehead atoms. The highest BCUT2D eigenvalue weighted by Crippen LogP contribution is 2.40. The molecule has 0 spiro atoms. The molecule has 0 aliphatic carbocycles. The molecule has 0 N–H and O–H groups in total. The zero-order valence-electron chi connectivity index (χ0n) is 10.2. The maximum Gasteiger partial charge on any atom is 0.153 e. The first-order valence-corrected chi connectivity index (χ1v) is 7.67. The van der Waals surface area contributed by atoms with Gasteiger partial charge >= 0.3 is 0 Å². The van der Waals surface area contributed by atoms with Crippen molar-refractivity contribution in [3.05, 3.63) is 57.6 Å². The van der Waals surface area contributed by atoms with E-state index in [9.17, 15) is 4.21 Å². The van der Waals surface area contributed by atoms with Gasteiger partial charge < -0.3 is 0 Å². The lowest BCUT2D eigenvalue weighted by Gasteiger charge is -2.19. The minimum Gasteiger partial charge on any atom is -0.280 e. The van der Waals surface area contributed by atoms with Crippen LogP contribution in [0.1, 0.15) is 11.1 Å². The number of hydrogen-bond donors (Lipinski definition) is 0. The average molecular weight is 312 g/mol. The minimum atomic E-state index is -1.25. The van der Waals surface area contributed by atoms with Crippen LogP contribution in [0.15, 0.2) is 41.3 Å². The molecule has 0 radical (unpaired) electrons. The molecule has 3 rings (SSSR count). The number of nitrogens with zero attached hydrogens (tertiary/aromatic N) is 1. The van der Waals surface area contributed by atoms with E-state index in [1.807, 2.05) is 43.3 Å². The molecule has 1 heterocycles. The zero-order valence-corrected chi connectivity index (χ0v) is 12.5. The predicted octanol–water partition coefficient (Wildman–Crippen LogP) is 4.34. The number of anilines is 1. The first-order valence-electron chi connectivity index (χ1n) is 5.81. The molecule has 1 atom stereocenters. The molecular weight excluding hydrogens is 301 g/mol. The summed E-state index contributed by atoms with van der Waals surface area (Å²) in [6, 6.07) is 11.4. The summed E-state index contributed by atoms with van der Waals surface area (Å²) >= 11 is 12.5. The zero-order chi connectivity index (χ0) is 13.6. The molecule has 2 aromatic rings. The monoisotopic (exact) mass is 311 g/mol. The molecule has 19 heavy (non-hydrogen) atoms. The molecule has 0 saturated carbocycles. The largest absolute Gasteiger partial charge is 0.280 e. The molecule has 0 fully saturated rings. The SMILES string of the molecule is Cc1cc(Cl)c(N2Cc3ccccc3S2=O)c(Cl)c1. The van der Waals surface area contributed by atoms with Gasteiger partial charge in [-0.2, -0.15) is 0 Å². The van der Waals surface area contributed by atoms with E-state index in [4.69, 9.17) is 23.2 Å². The Bertz CT molecular complexity index is 664. The first kappa shape index (κ1) is 13.0. The fraction of sp³-hybridized carbons (Fsp3) is 0.143. The van der Waals surface area contributed by atoms with Crippen molar-refractivity contribution in [2.75, 3.05) is 4.31 Å². The summed E-state index contributed by atoms with van der Waals surface area (Å²) in [6.07, 6.45) is 0. The van der Waals surface area contributed by atoms with Crippen molar-refractivity contribution in [3.63, 3.8) is 0 Å². The van der Waals surface area contributed by atoms with Crippen LogP contribution < -0.4 is 4.31 Å². The molecule has 1 unspecified atom stereocenters. The fourth-order valence-corrected chi connectivity index (χ4v) is 4.54. The fourth-order valence-electron chi connectivity index (χ4n) is 2.23. The summed E-state index contributed by atoms with van der Waals surface area (Å²) in [6.45, 7) is 2.49. The second-order valence-corrected chi connectivity index (χ2v) is 6.66. The minimum absolute atomic E-state index is 0.533. The molecule has 0 amide bonds. The smallest absolute Gasteiger partial charge is 0.153 e. The van der Waals surface area contributed by atoms with E-state index in [1.54, 1.807) is 4.31 Å². The molecule has 5 heteroatoms. The molecule has 0 saturated heterocycles. The van der Waals surface area contributed by atoms with E-state index in [-0.39, 0.29) is 0 Å². The van der Waals surface area contributed by atoms with Crippen LogP contribution in [0.25, 0.3) is 0 Å². The normalized spacial score (nSPS) is 17.6. The van der Waals surface area contributed by atoms with Crippen molar-refractivity contribution in [1.82, 2.24) is 0 Å². The van der Waals surface area contributed by atoms with Crippen LogP contribution in [0.5, 0.6) is 0 Å². The Hall–Kier alpha value is -1.03. The Labute approximate surface area is 124 Å². The van der Waals surface area contributed by atoms with E-state index >= 15 is 0 Å². The molecule has 98 valence electrons. The van der Waals surface area contributed by atoms with Gasteiger partial charge in [-0.1, -0.05) is 41.4 Å². The number of rotatable bonds is 1. The van der Waals surface area contributed by atoms with Crippen molar-refractivity contribution >= 4 is 39.9 Å². The van der Waals surface area contributed by atoms with Crippen molar-refractivity contribution in [1.29, 1.82) is 0 Å². The summed E-state index contributed by atoms with van der Waals surface area (Å²) in [5.74, 6) is 0. The highest BCUT2D eigenvalue weighted by molar-refractivity contribution is 7.86. The molecule has 2 nitrogen and oxygen atoms in total. The van der Waals surface area contributed by atoms with E-state index in [0.29, 0.717) is 22.3 Å². The van der Waals surface area contributed by atoms with Gasteiger partial charge in [0.2, 0.25) is 0 Å². The van der Waals surface area contributed by atoms with Crippen LogP contribution in [0.2, 0.25) is 10.0 Å². The highest BCUT2D eigenvalue weighted by atomic mass is 35.5. The standard InChI is InChI=1S/C14H11Cl2NOS/c1-9-6-11(15)14(12(16)7-9)17-8-10-4-2-3-5-13(10)19(17)18/h2-7H,8H2,1H3. The molecular formula is C14H11Cl2NOS. The molecule has 0 aromatic heterocycles. The lowest BCUT2D eigenvalue weighted by Crippen LogP contribution is -2.19. The average Bonchev–Trinajstić information content (AvgIpc) is 2.66. The number of fused-ring (bicyclic) bond motifs is 1. The Balaban J connectivity index is 2.10. The van der Waals surface area contributed by atoms with E-state index in [2.05, 4.69) is 0 Å². The van der Waals surface area contributed by atoms with E-state index < -0.39 is 11.0 Å². The van der Waals surface area contributed by atoms with Gasteiger partial charge in [0.1, 0.15) is 0 Å². The summed E-state index contributed by atoms with van der Waals surface area (Å²) in [5.41, 5.74) is 2.68. The number of halogens is 2. The number of benzene rings is 2. The van der Waals surface area contributed by atoms with Gasteiger partial charge in [0.15, 0.2) is 11.0 Å². The Kier molecular flexibility index (Phi) is 3.29. The third-order valence-electron chi connectivity index (χ3n) is 3.09. The Morgan fingerprint density at radius 3 is 2.42 bits per heavy atom. The van der Waals surface area contributed by atoms with Gasteiger partial charge in [-0.25, -0.2) is 4.21 Å². The summed E-state index contributed by atoms with van der Waals surface area (Å²) < 4.78 is 14.3. The van der Waals surface area contributed by atoms with Crippen LogP contribution >= 0.6 is 23.2 Å². The van der Waals surface area contributed by atoms with Crippen LogP contribution in [0.4, 0.5) is 5.69 Å². The van der Waals surface area contributed by atoms with Gasteiger partial charge in [-0.15, -0.1) is 0 Å². The van der Waals surface area contributed by atoms with Gasteiger partial charge in [-0.05, 0) is 36.2 Å². The summed E-state index contributed by atoms with van der Waals surface area (Å²) in [7, 11) is -1.25. The van der Waals surface area contributed by atoms with Crippen LogP contribution in [0.3, 0.4) is 0 Å². The molecule has 1 aliphatic rings. The maximum absolute atomic E-state index is 12.5. The van der Waals surface area contributed by atoms with Gasteiger partial charge in [-0.3, -0.25) is 4.31 Å². The second kappa shape index (κ2) is 4.82. The van der Waals surface area contributed by atoms with Gasteiger partial charge in [0, 0.05) is 0 Å².